The average molecular weight is 526 g/mol. The van der Waals surface area contributed by atoms with Gasteiger partial charge in [0.2, 0.25) is 0 Å². The Kier molecular flexibility index (Phi) is 7.05. The van der Waals surface area contributed by atoms with Gasteiger partial charge in [-0.1, -0.05) is 53.0 Å². The lowest BCUT2D eigenvalue weighted by molar-refractivity contribution is -0.118. The van der Waals surface area contributed by atoms with Gasteiger partial charge in [0.05, 0.1) is 25.7 Å². The van der Waals surface area contributed by atoms with Crippen LogP contribution in [0.2, 0.25) is 15.1 Å². The molecule has 0 saturated heterocycles. The van der Waals surface area contributed by atoms with Crippen molar-refractivity contribution in [2.75, 3.05) is 22.8 Å². The van der Waals surface area contributed by atoms with Crippen LogP contribution in [0.5, 0.6) is 5.75 Å². The highest BCUT2D eigenvalue weighted by molar-refractivity contribution is 7.92. The maximum absolute atomic E-state index is 13.3. The van der Waals surface area contributed by atoms with Crippen LogP contribution in [0.3, 0.4) is 0 Å². The molecule has 3 aromatic rings. The fraction of sp³-hybridized carbons (Fsp3) is 0.174. The van der Waals surface area contributed by atoms with Crippen molar-refractivity contribution in [2.24, 2.45) is 0 Å². The van der Waals surface area contributed by atoms with Crippen molar-refractivity contribution in [1.82, 2.24) is 0 Å². The number of aryl methyl sites for hydroxylation is 1. The summed E-state index contributed by atoms with van der Waals surface area (Å²) in [5.74, 6) is -0.245. The third-order valence-corrected chi connectivity index (χ3v) is 7.96. The average Bonchev–Trinajstić information content (AvgIpc) is 2.80. The first kappa shape index (κ1) is 23.7. The number of halogens is 3. The number of benzene rings is 3. The van der Waals surface area contributed by atoms with Gasteiger partial charge in [0.25, 0.3) is 15.9 Å². The van der Waals surface area contributed by atoms with Crippen molar-refractivity contribution in [3.63, 3.8) is 0 Å². The topological polar surface area (TPSA) is 75.7 Å². The summed E-state index contributed by atoms with van der Waals surface area (Å²) in [6.07, 6.45) is 1.57. The first-order valence-electron chi connectivity index (χ1n) is 10.0. The van der Waals surface area contributed by atoms with E-state index in [0.29, 0.717) is 28.0 Å². The normalized spacial score (nSPS) is 13.4. The molecule has 0 saturated carbocycles. The van der Waals surface area contributed by atoms with Crippen LogP contribution >= 0.6 is 34.8 Å². The van der Waals surface area contributed by atoms with Crippen LogP contribution in [0.1, 0.15) is 12.0 Å². The lowest BCUT2D eigenvalue weighted by atomic mass is 10.0. The highest BCUT2D eigenvalue weighted by atomic mass is 35.5. The van der Waals surface area contributed by atoms with Crippen molar-refractivity contribution in [3.8, 4) is 5.75 Å². The Labute approximate surface area is 207 Å². The van der Waals surface area contributed by atoms with E-state index >= 15 is 0 Å². The Morgan fingerprint density at radius 1 is 0.970 bits per heavy atom. The third kappa shape index (κ3) is 5.22. The molecule has 0 aliphatic carbocycles. The summed E-state index contributed by atoms with van der Waals surface area (Å²) >= 11 is 18.1. The standard InChI is InChI=1S/C23H19Cl3N2O4S/c24-18-9-7-16(12-19(18)25)27-23(29)14-32-22-10-8-17(13-20(22)26)33(30,31)28-11-3-5-15-4-1-2-6-21(15)28/h1-2,4,6-10,12-13H,3,5,11,14H2,(H,27,29). The Morgan fingerprint density at radius 3 is 2.52 bits per heavy atom. The minimum Gasteiger partial charge on any atom is -0.482 e. The summed E-state index contributed by atoms with van der Waals surface area (Å²) in [7, 11) is -3.80. The lowest BCUT2D eigenvalue weighted by Gasteiger charge is -2.30. The van der Waals surface area contributed by atoms with Crippen LogP contribution < -0.4 is 14.4 Å². The molecular formula is C23H19Cl3N2O4S. The Balaban J connectivity index is 1.46. The largest absolute Gasteiger partial charge is 0.482 e. The van der Waals surface area contributed by atoms with Crippen molar-refractivity contribution in [1.29, 1.82) is 0 Å². The van der Waals surface area contributed by atoms with E-state index < -0.39 is 15.9 Å². The Hall–Kier alpha value is -2.45. The Bertz CT molecular complexity index is 1310. The molecule has 172 valence electrons. The second kappa shape index (κ2) is 9.81. The van der Waals surface area contributed by atoms with Crippen LogP contribution in [0.15, 0.2) is 65.6 Å². The number of amides is 1. The van der Waals surface area contributed by atoms with E-state index in [1.807, 2.05) is 18.2 Å². The van der Waals surface area contributed by atoms with Crippen LogP contribution in [0.25, 0.3) is 0 Å². The minimum atomic E-state index is -3.80. The number of carbonyl (C=O) groups excluding carboxylic acids is 1. The molecule has 0 fully saturated rings. The fourth-order valence-corrected chi connectivity index (χ4v) is 5.72. The first-order valence-corrected chi connectivity index (χ1v) is 12.6. The van der Waals surface area contributed by atoms with Crippen molar-refractivity contribution in [3.05, 3.63) is 81.3 Å². The second-order valence-corrected chi connectivity index (χ2v) is 10.5. The molecule has 0 spiro atoms. The molecule has 1 aliphatic rings. The number of hydrogen-bond donors (Lipinski definition) is 1. The molecule has 0 atom stereocenters. The summed E-state index contributed by atoms with van der Waals surface area (Å²) in [6, 6.07) is 16.3. The Morgan fingerprint density at radius 2 is 1.76 bits per heavy atom. The van der Waals surface area contributed by atoms with E-state index in [0.717, 1.165) is 18.4 Å². The monoisotopic (exact) mass is 524 g/mol. The van der Waals surface area contributed by atoms with Gasteiger partial charge in [-0.3, -0.25) is 9.10 Å². The van der Waals surface area contributed by atoms with Gasteiger partial charge in [-0.15, -0.1) is 0 Å². The SMILES string of the molecule is O=C(COc1ccc(S(=O)(=O)N2CCCc3ccccc32)cc1Cl)Nc1ccc(Cl)c(Cl)c1. The first-order chi connectivity index (χ1) is 15.8. The van der Waals surface area contributed by atoms with E-state index in [2.05, 4.69) is 5.32 Å². The highest BCUT2D eigenvalue weighted by Gasteiger charge is 2.29. The fourth-order valence-electron chi connectivity index (χ4n) is 3.55. The summed E-state index contributed by atoms with van der Waals surface area (Å²) in [5.41, 5.74) is 2.14. The number of fused-ring (bicyclic) bond motifs is 1. The zero-order valence-electron chi connectivity index (χ0n) is 17.2. The van der Waals surface area contributed by atoms with Gasteiger partial charge in [0.15, 0.2) is 6.61 Å². The van der Waals surface area contributed by atoms with Gasteiger partial charge in [-0.25, -0.2) is 8.42 Å². The van der Waals surface area contributed by atoms with Crippen LogP contribution in [0.4, 0.5) is 11.4 Å². The maximum Gasteiger partial charge on any atom is 0.264 e. The molecule has 10 heteroatoms. The quantitative estimate of drug-likeness (QED) is 0.441. The van der Waals surface area contributed by atoms with Gasteiger partial charge < -0.3 is 10.1 Å². The minimum absolute atomic E-state index is 0.0526. The van der Waals surface area contributed by atoms with E-state index in [4.69, 9.17) is 39.5 Å². The van der Waals surface area contributed by atoms with E-state index in [9.17, 15) is 13.2 Å². The van der Waals surface area contributed by atoms with Gasteiger partial charge >= 0.3 is 0 Å². The van der Waals surface area contributed by atoms with Gasteiger partial charge in [-0.05, 0) is 60.9 Å². The predicted octanol–water partition coefficient (Wildman–Crippen LogP) is 5.81. The number of nitrogens with zero attached hydrogens (tertiary/aromatic N) is 1. The smallest absolute Gasteiger partial charge is 0.264 e. The van der Waals surface area contributed by atoms with Gasteiger partial charge in [0, 0.05) is 12.2 Å². The van der Waals surface area contributed by atoms with E-state index in [1.54, 1.807) is 18.2 Å². The number of carbonyl (C=O) groups is 1. The van der Waals surface area contributed by atoms with Crippen molar-refractivity contribution >= 4 is 62.1 Å². The molecule has 6 nitrogen and oxygen atoms in total. The molecule has 1 heterocycles. The molecular weight excluding hydrogens is 507 g/mol. The zero-order chi connectivity index (χ0) is 23.6. The van der Waals surface area contributed by atoms with Gasteiger partial charge in [0.1, 0.15) is 5.75 Å². The molecule has 4 rings (SSSR count). The van der Waals surface area contributed by atoms with Crippen molar-refractivity contribution < 1.29 is 17.9 Å². The van der Waals surface area contributed by atoms with Crippen molar-refractivity contribution in [2.45, 2.75) is 17.7 Å². The van der Waals surface area contributed by atoms with E-state index in [1.165, 1.54) is 28.6 Å². The molecule has 0 radical (unpaired) electrons. The summed E-state index contributed by atoms with van der Waals surface area (Å²) in [5, 5.41) is 3.41. The number of hydrogen-bond acceptors (Lipinski definition) is 4. The van der Waals surface area contributed by atoms with E-state index in [-0.39, 0.29) is 22.3 Å². The molecule has 0 aromatic heterocycles. The summed E-state index contributed by atoms with van der Waals surface area (Å²) < 4.78 is 33.4. The predicted molar refractivity (Wildman–Crippen MR) is 131 cm³/mol. The molecule has 3 aromatic carbocycles. The van der Waals surface area contributed by atoms with Crippen LogP contribution in [0, 0.1) is 0 Å². The summed E-state index contributed by atoms with van der Waals surface area (Å²) in [6.45, 7) is 0.0651. The molecule has 1 amide bonds. The number of ether oxygens (including phenoxy) is 1. The molecule has 33 heavy (non-hydrogen) atoms. The molecule has 0 bridgehead atoms. The van der Waals surface area contributed by atoms with Crippen LogP contribution in [-0.2, 0) is 21.2 Å². The highest BCUT2D eigenvalue weighted by Crippen LogP contribution is 2.34. The number of nitrogens with one attached hydrogen (secondary N) is 1. The molecule has 0 unspecified atom stereocenters. The zero-order valence-corrected chi connectivity index (χ0v) is 20.3. The molecule has 1 aliphatic heterocycles. The number of anilines is 2. The van der Waals surface area contributed by atoms with Gasteiger partial charge in [-0.2, -0.15) is 0 Å². The maximum atomic E-state index is 13.3. The number of sulfonamides is 1. The van der Waals surface area contributed by atoms with Crippen LogP contribution in [-0.4, -0.2) is 27.5 Å². The number of rotatable bonds is 6. The summed E-state index contributed by atoms with van der Waals surface area (Å²) in [4.78, 5) is 12.2. The lowest BCUT2D eigenvalue weighted by Crippen LogP contribution is -2.35. The third-order valence-electron chi connectivity index (χ3n) is 5.12. The second-order valence-electron chi connectivity index (χ2n) is 7.37. The number of para-hydroxylation sites is 1. The molecule has 1 N–H and O–H groups in total.